The highest BCUT2D eigenvalue weighted by molar-refractivity contribution is 6.30. The molecule has 1 heterocycles. The fraction of sp³-hybridized carbons (Fsp3) is 0.158. The van der Waals surface area contributed by atoms with Gasteiger partial charge in [-0.3, -0.25) is 9.59 Å². The number of carbonyl (C=O) groups is 2. The van der Waals surface area contributed by atoms with Crippen LogP contribution in [0.15, 0.2) is 55.1 Å². The summed E-state index contributed by atoms with van der Waals surface area (Å²) in [7, 11) is 0. The average molecular weight is 373 g/mol. The molecule has 0 saturated carbocycles. The van der Waals surface area contributed by atoms with E-state index in [2.05, 4.69) is 11.9 Å². The van der Waals surface area contributed by atoms with Crippen molar-refractivity contribution in [2.75, 3.05) is 30.0 Å². The van der Waals surface area contributed by atoms with E-state index in [1.54, 1.807) is 53.4 Å². The zero-order chi connectivity index (χ0) is 18.5. The van der Waals surface area contributed by atoms with Crippen molar-refractivity contribution in [2.45, 2.75) is 0 Å². The number of amides is 2. The summed E-state index contributed by atoms with van der Waals surface area (Å²) >= 11 is 5.81. The summed E-state index contributed by atoms with van der Waals surface area (Å²) in [6.45, 7) is 3.87. The number of carbonyl (C=O) groups excluding carboxylic acids is 2. The van der Waals surface area contributed by atoms with Crippen molar-refractivity contribution >= 4 is 34.8 Å². The van der Waals surface area contributed by atoms with Crippen molar-refractivity contribution < 1.29 is 19.1 Å². The molecule has 1 N–H and O–H groups in total. The van der Waals surface area contributed by atoms with Gasteiger partial charge in [-0.1, -0.05) is 17.7 Å². The Morgan fingerprint density at radius 1 is 1.31 bits per heavy atom. The zero-order valence-corrected chi connectivity index (χ0v) is 14.7. The molecule has 0 spiro atoms. The van der Waals surface area contributed by atoms with Gasteiger partial charge in [-0.05, 0) is 42.5 Å². The van der Waals surface area contributed by atoms with Gasteiger partial charge >= 0.3 is 0 Å². The number of anilines is 2. The van der Waals surface area contributed by atoms with E-state index in [1.165, 1.54) is 0 Å². The number of nitrogens with zero attached hydrogens (tertiary/aromatic N) is 1. The van der Waals surface area contributed by atoms with Crippen molar-refractivity contribution in [2.24, 2.45) is 0 Å². The zero-order valence-electron chi connectivity index (χ0n) is 13.9. The molecule has 1 aliphatic heterocycles. The summed E-state index contributed by atoms with van der Waals surface area (Å²) in [6, 6.07) is 11.9. The second-order valence-electron chi connectivity index (χ2n) is 5.55. The van der Waals surface area contributed by atoms with Crippen LogP contribution in [0.5, 0.6) is 11.5 Å². The van der Waals surface area contributed by atoms with Crippen LogP contribution in [0.4, 0.5) is 11.4 Å². The van der Waals surface area contributed by atoms with E-state index in [0.717, 1.165) is 0 Å². The van der Waals surface area contributed by atoms with Gasteiger partial charge in [0.1, 0.15) is 11.5 Å². The lowest BCUT2D eigenvalue weighted by Gasteiger charge is -2.28. The molecule has 2 aromatic rings. The summed E-state index contributed by atoms with van der Waals surface area (Å²) in [5.41, 5.74) is 1.14. The van der Waals surface area contributed by atoms with E-state index < -0.39 is 0 Å². The predicted molar refractivity (Wildman–Crippen MR) is 100 cm³/mol. The highest BCUT2D eigenvalue weighted by atomic mass is 35.5. The summed E-state index contributed by atoms with van der Waals surface area (Å²) in [4.78, 5) is 25.7. The smallest absolute Gasteiger partial charge is 0.265 e. The molecule has 7 heteroatoms. The second kappa shape index (κ2) is 7.93. The molecule has 0 fully saturated rings. The highest BCUT2D eigenvalue weighted by Gasteiger charge is 2.25. The van der Waals surface area contributed by atoms with Gasteiger partial charge in [0.2, 0.25) is 0 Å². The topological polar surface area (TPSA) is 67.9 Å². The van der Waals surface area contributed by atoms with Crippen LogP contribution in [0.1, 0.15) is 0 Å². The first kappa shape index (κ1) is 17.8. The molecule has 0 radical (unpaired) electrons. The lowest BCUT2D eigenvalue weighted by Crippen LogP contribution is -2.38. The van der Waals surface area contributed by atoms with Crippen molar-refractivity contribution in [1.82, 2.24) is 0 Å². The van der Waals surface area contributed by atoms with Crippen LogP contribution < -0.4 is 19.7 Å². The number of fused-ring (bicyclic) bond motifs is 1. The Morgan fingerprint density at radius 2 is 2.08 bits per heavy atom. The number of benzene rings is 2. The van der Waals surface area contributed by atoms with Crippen molar-refractivity contribution in [3.63, 3.8) is 0 Å². The molecule has 26 heavy (non-hydrogen) atoms. The second-order valence-corrected chi connectivity index (χ2v) is 5.99. The number of ether oxygens (including phenoxy) is 2. The molecule has 0 atom stereocenters. The molecular formula is C19H17ClN2O4. The van der Waals surface area contributed by atoms with Gasteiger partial charge in [0.05, 0.1) is 5.69 Å². The van der Waals surface area contributed by atoms with Gasteiger partial charge in [-0.2, -0.15) is 0 Å². The quantitative estimate of drug-likeness (QED) is 0.790. The standard InChI is InChI=1S/C19H17ClN2O4/c1-2-9-22-16-10-14(5-8-17(16)26-12-19(22)24)21-18(23)11-25-15-6-3-13(20)4-7-15/h2-8,10H,1,9,11-12H2,(H,21,23). The Labute approximate surface area is 156 Å². The number of rotatable bonds is 6. The highest BCUT2D eigenvalue weighted by Crippen LogP contribution is 2.34. The van der Waals surface area contributed by atoms with Crippen LogP contribution in [0.2, 0.25) is 5.02 Å². The van der Waals surface area contributed by atoms with Crippen LogP contribution in [-0.4, -0.2) is 31.6 Å². The number of halogens is 1. The van der Waals surface area contributed by atoms with E-state index in [0.29, 0.717) is 34.4 Å². The molecule has 0 unspecified atom stereocenters. The fourth-order valence-electron chi connectivity index (χ4n) is 2.49. The third kappa shape index (κ3) is 4.15. The molecular weight excluding hydrogens is 356 g/mol. The largest absolute Gasteiger partial charge is 0.484 e. The van der Waals surface area contributed by atoms with Crippen LogP contribution in [-0.2, 0) is 9.59 Å². The number of hydrogen-bond donors (Lipinski definition) is 1. The first-order valence-electron chi connectivity index (χ1n) is 7.93. The number of hydrogen-bond acceptors (Lipinski definition) is 4. The SMILES string of the molecule is C=CCN1C(=O)COc2ccc(NC(=O)COc3ccc(Cl)cc3)cc21. The van der Waals surface area contributed by atoms with Crippen molar-refractivity contribution in [3.05, 3.63) is 60.1 Å². The summed E-state index contributed by atoms with van der Waals surface area (Å²) < 4.78 is 10.8. The van der Waals surface area contributed by atoms with E-state index >= 15 is 0 Å². The lowest BCUT2D eigenvalue weighted by atomic mass is 10.2. The molecule has 1 aliphatic rings. The molecule has 134 valence electrons. The van der Waals surface area contributed by atoms with Crippen LogP contribution in [0.25, 0.3) is 0 Å². The van der Waals surface area contributed by atoms with Gasteiger partial charge in [0.15, 0.2) is 13.2 Å². The minimum atomic E-state index is -0.321. The van der Waals surface area contributed by atoms with Gasteiger partial charge in [-0.25, -0.2) is 0 Å². The Bertz CT molecular complexity index is 836. The van der Waals surface area contributed by atoms with E-state index in [-0.39, 0.29) is 25.0 Å². The third-order valence-corrected chi connectivity index (χ3v) is 3.93. The van der Waals surface area contributed by atoms with Crippen LogP contribution in [0, 0.1) is 0 Å². The van der Waals surface area contributed by atoms with Crippen LogP contribution >= 0.6 is 11.6 Å². The molecule has 0 bridgehead atoms. The lowest BCUT2D eigenvalue weighted by molar-refractivity contribution is -0.121. The summed E-state index contributed by atoms with van der Waals surface area (Å²) in [5.74, 6) is 0.651. The van der Waals surface area contributed by atoms with E-state index in [1.807, 2.05) is 0 Å². The summed E-state index contributed by atoms with van der Waals surface area (Å²) in [5, 5.41) is 3.34. The Kier molecular flexibility index (Phi) is 5.43. The van der Waals surface area contributed by atoms with Gasteiger partial charge in [-0.15, -0.1) is 6.58 Å². The monoisotopic (exact) mass is 372 g/mol. The molecule has 0 saturated heterocycles. The minimum Gasteiger partial charge on any atom is -0.484 e. The molecule has 2 aromatic carbocycles. The Morgan fingerprint density at radius 3 is 2.81 bits per heavy atom. The molecule has 3 rings (SSSR count). The first-order valence-corrected chi connectivity index (χ1v) is 8.31. The maximum Gasteiger partial charge on any atom is 0.265 e. The number of nitrogens with one attached hydrogen (secondary N) is 1. The third-order valence-electron chi connectivity index (χ3n) is 3.68. The average Bonchev–Trinajstić information content (AvgIpc) is 2.64. The molecule has 0 aliphatic carbocycles. The normalized spacial score (nSPS) is 12.8. The predicted octanol–water partition coefficient (Wildman–Crippen LogP) is 3.27. The molecule has 6 nitrogen and oxygen atoms in total. The summed E-state index contributed by atoms with van der Waals surface area (Å²) in [6.07, 6.45) is 1.64. The van der Waals surface area contributed by atoms with E-state index in [9.17, 15) is 9.59 Å². The first-order chi connectivity index (χ1) is 12.6. The van der Waals surface area contributed by atoms with Gasteiger partial charge in [0, 0.05) is 17.3 Å². The Hall–Kier alpha value is -2.99. The maximum absolute atomic E-state index is 12.1. The maximum atomic E-state index is 12.1. The minimum absolute atomic E-state index is 0.0124. The Balaban J connectivity index is 1.66. The van der Waals surface area contributed by atoms with Crippen molar-refractivity contribution in [1.29, 1.82) is 0 Å². The molecule has 0 aromatic heterocycles. The van der Waals surface area contributed by atoms with Gasteiger partial charge < -0.3 is 19.7 Å². The van der Waals surface area contributed by atoms with E-state index in [4.69, 9.17) is 21.1 Å². The van der Waals surface area contributed by atoms with Crippen molar-refractivity contribution in [3.8, 4) is 11.5 Å². The molecule has 2 amide bonds. The van der Waals surface area contributed by atoms with Crippen LogP contribution in [0.3, 0.4) is 0 Å². The fourth-order valence-corrected chi connectivity index (χ4v) is 2.61. The van der Waals surface area contributed by atoms with Gasteiger partial charge in [0.25, 0.3) is 11.8 Å².